The van der Waals surface area contributed by atoms with E-state index in [1.54, 1.807) is 0 Å². The van der Waals surface area contributed by atoms with Crippen LogP contribution in [0.15, 0.2) is 22.2 Å². The molecule has 28 heteroatoms. The summed E-state index contributed by atoms with van der Waals surface area (Å²) < 4.78 is 69.5. The largest absolute Gasteiger partial charge is 0.408 e. The number of thiol groups is 1. The zero-order valence-corrected chi connectivity index (χ0v) is 40.2. The van der Waals surface area contributed by atoms with Gasteiger partial charge < -0.3 is 39.2 Å². The number of aromatic amines is 2. The summed E-state index contributed by atoms with van der Waals surface area (Å²) in [7, 11) is -5.44. The number of aromatic nitrogens is 8. The summed E-state index contributed by atoms with van der Waals surface area (Å²) in [6.07, 6.45) is -6.66. The fourth-order valence-corrected chi connectivity index (χ4v) is 12.1. The average Bonchev–Trinajstić information content (AvgIpc) is 3.86. The number of nitrogens with two attached hydrogens (primary N) is 2. The van der Waals surface area contributed by atoms with Gasteiger partial charge in [0, 0.05) is 0 Å². The zero-order valence-electron chi connectivity index (χ0n) is 34.7. The summed E-state index contributed by atoms with van der Waals surface area (Å²) in [5.41, 5.74) is 10.7. The van der Waals surface area contributed by atoms with Crippen molar-refractivity contribution in [2.24, 2.45) is 0 Å². The second-order valence-electron chi connectivity index (χ2n) is 18.0. The molecule has 3 aliphatic rings. The number of ether oxygens (including phenoxy) is 2. The van der Waals surface area contributed by atoms with Gasteiger partial charge in [-0.1, -0.05) is 53.8 Å². The third-order valence-electron chi connectivity index (χ3n) is 11.8. The molecule has 4 aromatic heterocycles. The van der Waals surface area contributed by atoms with Crippen LogP contribution in [0.25, 0.3) is 22.3 Å². The van der Waals surface area contributed by atoms with Gasteiger partial charge >= 0.3 is 13.5 Å². The molecule has 4 aromatic rings. The molecule has 4 bridgehead atoms. The summed E-state index contributed by atoms with van der Waals surface area (Å²) in [4.78, 5) is 59.6. The quantitative estimate of drug-likeness (QED) is 0.0902. The van der Waals surface area contributed by atoms with Crippen molar-refractivity contribution in [3.05, 3.63) is 33.4 Å². The zero-order chi connectivity index (χ0) is 44.1. The second-order valence-corrected chi connectivity index (χ2v) is 33.2. The van der Waals surface area contributed by atoms with Gasteiger partial charge in [-0.05, 0) is 48.1 Å². The molecule has 10 atom stereocenters. The number of hydrogen-bond acceptors (Lipinski definition) is 18. The Hall–Kier alpha value is -2.40. The highest BCUT2D eigenvalue weighted by Crippen LogP contribution is 2.59. The molecule has 60 heavy (non-hydrogen) atoms. The van der Waals surface area contributed by atoms with Crippen molar-refractivity contribution in [2.75, 3.05) is 24.7 Å². The van der Waals surface area contributed by atoms with E-state index in [0.717, 1.165) is 0 Å². The van der Waals surface area contributed by atoms with E-state index in [4.69, 9.17) is 59.7 Å². The Labute approximate surface area is 356 Å². The van der Waals surface area contributed by atoms with Crippen LogP contribution in [0.4, 0.5) is 11.9 Å². The molecule has 332 valence electrons. The number of nitrogens with one attached hydrogen (secondary N) is 2. The highest BCUT2D eigenvalue weighted by molar-refractivity contribution is 8.44. The van der Waals surface area contributed by atoms with Gasteiger partial charge in [-0.15, -0.1) is 0 Å². The molecule has 0 aromatic carbocycles. The Balaban J connectivity index is 1.34. The number of H-pyrrole nitrogens is 2. The molecule has 0 radical (unpaired) electrons. The minimum Gasteiger partial charge on any atom is -0.408 e. The minimum atomic E-state index is -4.43. The Bertz CT molecular complexity index is 2340. The minimum absolute atomic E-state index is 0.0403. The van der Waals surface area contributed by atoms with E-state index in [2.05, 4.69) is 42.2 Å². The number of anilines is 2. The average molecular weight is 951 g/mol. The lowest BCUT2D eigenvalue weighted by atomic mass is 10.1. The smallest absolute Gasteiger partial charge is 0.386 e. The third-order valence-corrected chi connectivity index (χ3v) is 23.9. The first kappa shape index (κ1) is 45.6. The van der Waals surface area contributed by atoms with Crippen molar-refractivity contribution in [3.63, 3.8) is 0 Å². The number of hydrogen-bond donors (Lipinski definition) is 6. The topological polar surface area (TPSA) is 290 Å². The molecule has 3 aliphatic heterocycles. The molecule has 7 heterocycles. The molecular weight excluding hydrogens is 899 g/mol. The molecule has 7 rings (SSSR count). The Morgan fingerprint density at radius 2 is 1.20 bits per heavy atom. The molecule has 0 amide bonds. The first-order valence-corrected chi connectivity index (χ1v) is 30.1. The van der Waals surface area contributed by atoms with Gasteiger partial charge in [0.15, 0.2) is 51.4 Å². The maximum Gasteiger partial charge on any atom is 0.386 e. The van der Waals surface area contributed by atoms with Crippen LogP contribution >= 0.6 is 25.8 Å². The normalized spacial score (nSPS) is 32.5. The molecule has 2 unspecified atom stereocenters. The number of nitrogen functional groups attached to an aromatic ring is 2. The first-order valence-electron chi connectivity index (χ1n) is 19.0. The molecule has 7 N–H and O–H groups in total. The van der Waals surface area contributed by atoms with Crippen molar-refractivity contribution in [1.82, 2.24) is 39.0 Å². The van der Waals surface area contributed by atoms with Gasteiger partial charge in [0.25, 0.3) is 11.1 Å². The molecule has 0 aliphatic carbocycles. The van der Waals surface area contributed by atoms with Crippen LogP contribution in [0.5, 0.6) is 0 Å². The van der Waals surface area contributed by atoms with E-state index in [1.165, 1.54) is 21.8 Å². The van der Waals surface area contributed by atoms with Gasteiger partial charge in [-0.25, -0.2) is 14.5 Å². The van der Waals surface area contributed by atoms with Gasteiger partial charge in [-0.3, -0.25) is 42.3 Å². The van der Waals surface area contributed by atoms with Crippen molar-refractivity contribution >= 4 is 88.4 Å². The summed E-state index contributed by atoms with van der Waals surface area (Å²) in [6.45, 7) is 10.6. The van der Waals surface area contributed by atoms with Crippen LogP contribution in [-0.4, -0.2) is 110 Å². The van der Waals surface area contributed by atoms with Gasteiger partial charge in [0.2, 0.25) is 11.9 Å². The first-order chi connectivity index (χ1) is 27.6. The van der Waals surface area contributed by atoms with E-state index in [-0.39, 0.29) is 44.3 Å². The highest BCUT2D eigenvalue weighted by atomic mass is 32.7. The lowest BCUT2D eigenvalue weighted by molar-refractivity contribution is -0.0598. The Morgan fingerprint density at radius 3 is 1.62 bits per heavy atom. The van der Waals surface area contributed by atoms with Crippen LogP contribution in [-0.2, 0) is 52.8 Å². The van der Waals surface area contributed by atoms with Gasteiger partial charge in [-0.2, -0.15) is 9.97 Å². The van der Waals surface area contributed by atoms with Crippen molar-refractivity contribution in [2.45, 2.75) is 127 Å². The summed E-state index contributed by atoms with van der Waals surface area (Å²) in [6, 6.07) is 0. The SMILES string of the molecule is CC(C)(C)[Si](C)(C)O[C@H]1[C@H]2OP(=O)(S)OC[C@H]3O[C@@H](n4cnc5c(=O)[nH]c(N)nc54)[C@H](OP(O)(=S)OC[C@H]1O[C@H]2n1cnc2c(=O)[nH]c(N)nc21)[C@@H]3O[Si](C)(C)C(C)(C)C. The predicted octanol–water partition coefficient (Wildman–Crippen LogP) is 4.06. The number of imidazole rings is 2. The van der Waals surface area contributed by atoms with Crippen molar-refractivity contribution in [3.8, 4) is 0 Å². The maximum absolute atomic E-state index is 14.6. The third kappa shape index (κ3) is 8.76. The fourth-order valence-electron chi connectivity index (χ4n) is 6.64. The van der Waals surface area contributed by atoms with E-state index < -0.39 is 104 Å². The molecule has 0 spiro atoms. The lowest BCUT2D eigenvalue weighted by Gasteiger charge is -2.41. The van der Waals surface area contributed by atoms with Crippen molar-refractivity contribution in [1.29, 1.82) is 0 Å². The van der Waals surface area contributed by atoms with E-state index >= 15 is 0 Å². The standard InChI is InChI=1S/C32H52N10O12P2S2Si2/c1-31(2,3)59(7,8)53-19-15-11-47-56(46,58)52-22-20(54-60(9,10)32(4,5)6)16(50-28(22)42-14-36-18-24(42)38-30(34)40-26(18)44)12-48-55(45,57)51-21(19)27(49-15)41-13-35-17-23(41)37-29(33)39-25(17)43/h13-16,19-22,27-28H,11-12H2,1-10H3,(H,45,57)(H,46,58)(H3,33,37,39,43)(H3,34,38,40,44)/t15-,16-,19-,20-,21-,22-,27-,28-,55?,56?/m1/s1. The highest BCUT2D eigenvalue weighted by Gasteiger charge is 2.57. The Kier molecular flexibility index (Phi) is 11.9. The summed E-state index contributed by atoms with van der Waals surface area (Å²) in [5, 5.41) is -0.674. The number of nitrogens with zero attached hydrogens (tertiary/aromatic N) is 6. The van der Waals surface area contributed by atoms with Gasteiger partial charge in [0.1, 0.15) is 36.6 Å². The van der Waals surface area contributed by atoms with Crippen molar-refractivity contribution < 1.29 is 45.9 Å². The molecular formula is C32H52N10O12P2S2Si2. The number of rotatable bonds is 6. The van der Waals surface area contributed by atoms with E-state index in [1.807, 2.05) is 67.7 Å². The van der Waals surface area contributed by atoms with Gasteiger partial charge in [0.05, 0.1) is 25.9 Å². The van der Waals surface area contributed by atoms with Crippen LogP contribution < -0.4 is 22.6 Å². The number of fused-ring (bicyclic) bond motifs is 6. The van der Waals surface area contributed by atoms with E-state index in [9.17, 15) is 19.0 Å². The van der Waals surface area contributed by atoms with Crippen LogP contribution in [0.1, 0.15) is 54.0 Å². The molecule has 22 nitrogen and oxygen atoms in total. The predicted molar refractivity (Wildman–Crippen MR) is 232 cm³/mol. The van der Waals surface area contributed by atoms with Crippen LogP contribution in [0.2, 0.25) is 36.3 Å². The summed E-state index contributed by atoms with van der Waals surface area (Å²) >= 11 is 10.2. The maximum atomic E-state index is 14.6. The molecule has 0 saturated carbocycles. The molecule has 3 saturated heterocycles. The fraction of sp³-hybridized carbons (Fsp3) is 0.688. The van der Waals surface area contributed by atoms with Crippen LogP contribution in [0.3, 0.4) is 0 Å². The second kappa shape index (κ2) is 15.7. The molecule has 3 fully saturated rings. The Morgan fingerprint density at radius 1 is 0.800 bits per heavy atom. The summed E-state index contributed by atoms with van der Waals surface area (Å²) in [5.74, 6) is -0.366. The monoisotopic (exact) mass is 950 g/mol. The van der Waals surface area contributed by atoms with Crippen LogP contribution in [0, 0.1) is 0 Å². The lowest BCUT2D eigenvalue weighted by Crippen LogP contribution is -2.51. The van der Waals surface area contributed by atoms with E-state index in [0.29, 0.717) is 0 Å².